The summed E-state index contributed by atoms with van der Waals surface area (Å²) in [6, 6.07) is 29.0. The van der Waals surface area contributed by atoms with Crippen molar-refractivity contribution < 1.29 is 22.7 Å². The molecule has 1 N–H and O–H groups in total. The molecule has 1 fully saturated rings. The fourth-order valence-electron chi connectivity index (χ4n) is 4.82. The number of hydrogen-bond acceptors (Lipinski definition) is 5. The van der Waals surface area contributed by atoms with E-state index in [0.717, 1.165) is 29.1 Å². The number of ether oxygens (including phenoxy) is 1. The number of nitrogens with one attached hydrogen (secondary N) is 1. The largest absolute Gasteiger partial charge is 0.457 e. The first-order chi connectivity index (χ1) is 20.3. The van der Waals surface area contributed by atoms with Crippen LogP contribution in [0.1, 0.15) is 35.2 Å². The normalized spacial score (nSPS) is 13.3. The number of likely N-dealkylation sites (tertiary alicyclic amines) is 1. The van der Waals surface area contributed by atoms with Crippen LogP contribution in [0.25, 0.3) is 0 Å². The molecular weight excluding hydrogens is 550 g/mol. The van der Waals surface area contributed by atoms with Gasteiger partial charge in [-0.3, -0.25) is 13.9 Å². The van der Waals surface area contributed by atoms with Crippen molar-refractivity contribution in [2.75, 3.05) is 29.3 Å². The summed E-state index contributed by atoms with van der Waals surface area (Å²) in [5.41, 5.74) is 1.93. The second-order valence-corrected chi connectivity index (χ2v) is 12.0. The number of aryl methyl sites for hydroxylation is 1. The Bertz CT molecular complexity index is 1630. The molecule has 1 aliphatic heterocycles. The third-order valence-electron chi connectivity index (χ3n) is 7.07. The lowest BCUT2D eigenvalue weighted by Crippen LogP contribution is -2.39. The Hall–Kier alpha value is -4.63. The van der Waals surface area contributed by atoms with E-state index in [1.807, 2.05) is 37.3 Å². The van der Waals surface area contributed by atoms with Crippen LogP contribution in [0.5, 0.6) is 11.5 Å². The highest BCUT2D eigenvalue weighted by molar-refractivity contribution is 7.92. The summed E-state index contributed by atoms with van der Waals surface area (Å²) in [6.45, 7) is 2.72. The van der Waals surface area contributed by atoms with Gasteiger partial charge in [-0.2, -0.15) is 0 Å². The number of nitrogens with zero attached hydrogens (tertiary/aromatic N) is 2. The smallest absolute Gasteiger partial charge is 0.264 e. The molecule has 0 aliphatic carbocycles. The van der Waals surface area contributed by atoms with Crippen molar-refractivity contribution in [1.82, 2.24) is 4.90 Å². The minimum atomic E-state index is -4.12. The molecule has 5 rings (SSSR count). The molecule has 0 saturated carbocycles. The van der Waals surface area contributed by atoms with Gasteiger partial charge in [0.05, 0.1) is 21.8 Å². The van der Waals surface area contributed by atoms with Crippen LogP contribution in [0.2, 0.25) is 0 Å². The average molecular weight is 584 g/mol. The van der Waals surface area contributed by atoms with E-state index in [1.54, 1.807) is 65.6 Å². The quantitative estimate of drug-likeness (QED) is 0.251. The summed E-state index contributed by atoms with van der Waals surface area (Å²) < 4.78 is 34.6. The number of rotatable bonds is 9. The molecule has 0 bridgehead atoms. The van der Waals surface area contributed by atoms with Crippen LogP contribution in [0.4, 0.5) is 11.4 Å². The van der Waals surface area contributed by atoms with Crippen molar-refractivity contribution in [3.8, 4) is 11.5 Å². The molecule has 1 saturated heterocycles. The third kappa shape index (κ3) is 6.80. The topological polar surface area (TPSA) is 96.0 Å². The Balaban J connectivity index is 1.41. The molecule has 2 amide bonds. The Morgan fingerprint density at radius 2 is 1.40 bits per heavy atom. The van der Waals surface area contributed by atoms with E-state index in [4.69, 9.17) is 4.74 Å². The molecule has 4 aromatic rings. The molecule has 0 unspecified atom stereocenters. The summed E-state index contributed by atoms with van der Waals surface area (Å²) in [6.07, 6.45) is 2.98. The SMILES string of the molecule is Cc1ccc(S(=O)(=O)N(CC(=O)Nc2ccccc2C(=O)N2CCCCC2)c2ccc(Oc3ccccc3)cc2)cc1. The van der Waals surface area contributed by atoms with Gasteiger partial charge >= 0.3 is 0 Å². The molecule has 8 nitrogen and oxygen atoms in total. The lowest BCUT2D eigenvalue weighted by molar-refractivity contribution is -0.114. The molecule has 0 aromatic heterocycles. The molecule has 216 valence electrons. The zero-order chi connectivity index (χ0) is 29.5. The number of carbonyl (C=O) groups is 2. The Morgan fingerprint density at radius 3 is 2.10 bits per heavy atom. The number of carbonyl (C=O) groups excluding carboxylic acids is 2. The zero-order valence-electron chi connectivity index (χ0n) is 23.4. The maximum Gasteiger partial charge on any atom is 0.264 e. The number of amides is 2. The fraction of sp³-hybridized carbons (Fsp3) is 0.212. The summed E-state index contributed by atoms with van der Waals surface area (Å²) in [5.74, 6) is 0.441. The monoisotopic (exact) mass is 583 g/mol. The molecule has 9 heteroatoms. The molecule has 0 atom stereocenters. The Labute approximate surface area is 246 Å². The van der Waals surface area contributed by atoms with Crippen LogP contribution in [0, 0.1) is 6.92 Å². The van der Waals surface area contributed by atoms with Gasteiger partial charge < -0.3 is 15.0 Å². The zero-order valence-corrected chi connectivity index (χ0v) is 24.2. The molecular formula is C33H33N3O5S. The third-order valence-corrected chi connectivity index (χ3v) is 8.86. The summed E-state index contributed by atoms with van der Waals surface area (Å²) in [7, 11) is -4.12. The molecule has 0 spiro atoms. The van der Waals surface area contributed by atoms with Gasteiger partial charge in [-0.15, -0.1) is 0 Å². The highest BCUT2D eigenvalue weighted by atomic mass is 32.2. The van der Waals surface area contributed by atoms with E-state index in [9.17, 15) is 18.0 Å². The highest BCUT2D eigenvalue weighted by Gasteiger charge is 2.28. The number of para-hydroxylation sites is 2. The number of piperidine rings is 1. The summed E-state index contributed by atoms with van der Waals surface area (Å²) in [4.78, 5) is 28.5. The van der Waals surface area contributed by atoms with Crippen LogP contribution in [0.3, 0.4) is 0 Å². The van der Waals surface area contributed by atoms with Gasteiger partial charge in [-0.25, -0.2) is 8.42 Å². The summed E-state index contributed by atoms with van der Waals surface area (Å²) in [5, 5.41) is 2.79. The van der Waals surface area contributed by atoms with Gasteiger partial charge in [0.1, 0.15) is 18.0 Å². The van der Waals surface area contributed by atoms with Crippen molar-refractivity contribution in [2.45, 2.75) is 31.1 Å². The minimum absolute atomic E-state index is 0.0613. The molecule has 42 heavy (non-hydrogen) atoms. The number of anilines is 2. The second kappa shape index (κ2) is 12.9. The molecule has 1 heterocycles. The molecule has 1 aliphatic rings. The van der Waals surface area contributed by atoms with Gasteiger partial charge in [0.2, 0.25) is 5.91 Å². The van der Waals surface area contributed by atoms with E-state index < -0.39 is 22.5 Å². The van der Waals surface area contributed by atoms with Gasteiger partial charge in [0.15, 0.2) is 0 Å². The lowest BCUT2D eigenvalue weighted by Gasteiger charge is -2.28. The molecule has 4 aromatic carbocycles. The first kappa shape index (κ1) is 28.9. The molecule has 0 radical (unpaired) electrons. The van der Waals surface area contributed by atoms with Crippen LogP contribution < -0.4 is 14.4 Å². The van der Waals surface area contributed by atoms with Crippen molar-refractivity contribution in [3.05, 3.63) is 114 Å². The first-order valence-corrected chi connectivity index (χ1v) is 15.4. The average Bonchev–Trinajstić information content (AvgIpc) is 3.01. The van der Waals surface area contributed by atoms with E-state index >= 15 is 0 Å². The van der Waals surface area contributed by atoms with Crippen molar-refractivity contribution in [3.63, 3.8) is 0 Å². The number of hydrogen-bond donors (Lipinski definition) is 1. The number of sulfonamides is 1. The van der Waals surface area contributed by atoms with Crippen LogP contribution >= 0.6 is 0 Å². The van der Waals surface area contributed by atoms with Crippen molar-refractivity contribution in [2.24, 2.45) is 0 Å². The fourth-order valence-corrected chi connectivity index (χ4v) is 6.24. The highest BCUT2D eigenvalue weighted by Crippen LogP contribution is 2.29. The second-order valence-electron chi connectivity index (χ2n) is 10.2. The summed E-state index contributed by atoms with van der Waals surface area (Å²) >= 11 is 0. The van der Waals surface area contributed by atoms with Crippen molar-refractivity contribution >= 4 is 33.2 Å². The van der Waals surface area contributed by atoms with E-state index in [-0.39, 0.29) is 10.8 Å². The maximum atomic E-state index is 13.8. The van der Waals surface area contributed by atoms with Gasteiger partial charge in [0.25, 0.3) is 15.9 Å². The van der Waals surface area contributed by atoms with E-state index in [2.05, 4.69) is 5.32 Å². The van der Waals surface area contributed by atoms with Crippen LogP contribution in [0.15, 0.2) is 108 Å². The van der Waals surface area contributed by atoms with Gasteiger partial charge in [-0.1, -0.05) is 48.0 Å². The van der Waals surface area contributed by atoms with E-state index in [0.29, 0.717) is 41.5 Å². The van der Waals surface area contributed by atoms with Gasteiger partial charge in [-0.05, 0) is 86.8 Å². The Morgan fingerprint density at radius 1 is 0.786 bits per heavy atom. The van der Waals surface area contributed by atoms with E-state index in [1.165, 1.54) is 12.1 Å². The minimum Gasteiger partial charge on any atom is -0.457 e. The lowest BCUT2D eigenvalue weighted by atomic mass is 10.1. The standard InChI is InChI=1S/C33H33N3O5S/c1-25-14-20-29(21-15-25)42(39,40)36(26-16-18-28(19-17-26)41-27-10-4-2-5-11-27)24-32(37)34-31-13-7-6-12-30(31)33(38)35-22-8-3-9-23-35/h2,4-7,10-21H,3,8-9,22-24H2,1H3,(H,34,37). The maximum absolute atomic E-state index is 13.8. The van der Waals surface area contributed by atoms with Crippen LogP contribution in [-0.2, 0) is 14.8 Å². The predicted octanol–water partition coefficient (Wildman–Crippen LogP) is 6.25. The number of benzene rings is 4. The van der Waals surface area contributed by atoms with Crippen LogP contribution in [-0.4, -0.2) is 44.8 Å². The predicted molar refractivity (Wildman–Crippen MR) is 163 cm³/mol. The van der Waals surface area contributed by atoms with Crippen molar-refractivity contribution in [1.29, 1.82) is 0 Å². The Kier molecular flexibility index (Phi) is 8.88. The first-order valence-electron chi connectivity index (χ1n) is 13.9. The van der Waals surface area contributed by atoms with Gasteiger partial charge in [0, 0.05) is 13.1 Å².